The molecule has 1 aromatic carbocycles. The van der Waals surface area contributed by atoms with Crippen LogP contribution in [-0.4, -0.2) is 70.3 Å². The molecule has 0 unspecified atom stereocenters. The summed E-state index contributed by atoms with van der Waals surface area (Å²) in [7, 11) is 4.67. The third-order valence-corrected chi connectivity index (χ3v) is 4.05. The molecule has 1 fully saturated rings. The van der Waals surface area contributed by atoms with Crippen LogP contribution in [0.15, 0.2) is 17.1 Å². The first-order valence-electron chi connectivity index (χ1n) is 8.93. The minimum Gasteiger partial charge on any atom is -0.493 e. The first kappa shape index (κ1) is 24.6. The third kappa shape index (κ3) is 6.54. The number of halogens is 1. The lowest BCUT2D eigenvalue weighted by Gasteiger charge is -2.16. The van der Waals surface area contributed by atoms with Gasteiger partial charge in [0.15, 0.2) is 17.5 Å². The van der Waals surface area contributed by atoms with E-state index in [1.54, 1.807) is 21.3 Å². The van der Waals surface area contributed by atoms with Gasteiger partial charge in [-0.05, 0) is 24.6 Å². The van der Waals surface area contributed by atoms with Crippen molar-refractivity contribution in [3.8, 4) is 17.2 Å². The molecule has 1 aromatic rings. The van der Waals surface area contributed by atoms with Gasteiger partial charge in [-0.2, -0.15) is 0 Å². The van der Waals surface area contributed by atoms with E-state index < -0.39 is 0 Å². The number of ether oxygens (including phenoxy) is 3. The summed E-state index contributed by atoms with van der Waals surface area (Å²) in [4.78, 5) is 28.9. The summed E-state index contributed by atoms with van der Waals surface area (Å²) in [5.41, 5.74) is 0.876. The molecule has 1 heterocycles. The summed E-state index contributed by atoms with van der Waals surface area (Å²) in [6, 6.07) is 3.30. The van der Waals surface area contributed by atoms with E-state index >= 15 is 0 Å². The van der Waals surface area contributed by atoms with Crippen LogP contribution < -0.4 is 30.2 Å². The Hall–Kier alpha value is -2.44. The minimum atomic E-state index is -0.369. The van der Waals surface area contributed by atoms with Crippen molar-refractivity contribution in [2.45, 2.75) is 13.5 Å². The van der Waals surface area contributed by atoms with Crippen LogP contribution in [0.25, 0.3) is 0 Å². The van der Waals surface area contributed by atoms with Crippen molar-refractivity contribution < 1.29 is 23.8 Å². The van der Waals surface area contributed by atoms with E-state index in [1.165, 1.54) is 4.90 Å². The highest BCUT2D eigenvalue weighted by atomic mass is 127. The maximum absolute atomic E-state index is 11.6. The number of aliphatic imine (C=N–C) groups is 1. The van der Waals surface area contributed by atoms with E-state index in [1.807, 2.05) is 19.1 Å². The van der Waals surface area contributed by atoms with Crippen molar-refractivity contribution in [3.63, 3.8) is 0 Å². The number of hydrogen-bond acceptors (Lipinski definition) is 6. The molecule has 29 heavy (non-hydrogen) atoms. The highest BCUT2D eigenvalue weighted by molar-refractivity contribution is 14.0. The number of nitrogens with zero attached hydrogens (tertiary/aromatic N) is 2. The number of nitrogens with one attached hydrogen (secondary N) is 3. The van der Waals surface area contributed by atoms with E-state index in [0.29, 0.717) is 42.8 Å². The third-order valence-electron chi connectivity index (χ3n) is 4.05. The summed E-state index contributed by atoms with van der Waals surface area (Å²) in [6.45, 7) is 3.70. The Morgan fingerprint density at radius 3 is 2.28 bits per heavy atom. The van der Waals surface area contributed by atoms with Crippen molar-refractivity contribution in [2.75, 3.05) is 47.5 Å². The molecule has 3 N–H and O–H groups in total. The number of guanidine groups is 1. The van der Waals surface area contributed by atoms with E-state index in [9.17, 15) is 9.59 Å². The Kier molecular flexibility index (Phi) is 10.3. The molecule has 0 radical (unpaired) electrons. The van der Waals surface area contributed by atoms with Gasteiger partial charge in [-0.25, -0.2) is 9.79 Å². The van der Waals surface area contributed by atoms with Gasteiger partial charge in [0.25, 0.3) is 0 Å². The largest absolute Gasteiger partial charge is 0.493 e. The van der Waals surface area contributed by atoms with Gasteiger partial charge in [-0.3, -0.25) is 9.69 Å². The van der Waals surface area contributed by atoms with E-state index in [0.717, 1.165) is 5.56 Å². The molecule has 0 aromatic heterocycles. The maximum Gasteiger partial charge on any atom is 0.324 e. The number of urea groups is 1. The Labute approximate surface area is 187 Å². The smallest absolute Gasteiger partial charge is 0.324 e. The fourth-order valence-corrected chi connectivity index (χ4v) is 2.71. The number of carbonyl (C=O) groups is 2. The van der Waals surface area contributed by atoms with Gasteiger partial charge >= 0.3 is 6.03 Å². The zero-order chi connectivity index (χ0) is 20.5. The number of rotatable bonds is 9. The van der Waals surface area contributed by atoms with Crippen LogP contribution in [0.2, 0.25) is 0 Å². The molecule has 1 aliphatic heterocycles. The van der Waals surface area contributed by atoms with Crippen LogP contribution in [0.4, 0.5) is 4.79 Å². The Morgan fingerprint density at radius 2 is 1.79 bits per heavy atom. The molecule has 1 saturated heterocycles. The second kappa shape index (κ2) is 12.2. The topological polar surface area (TPSA) is 114 Å². The van der Waals surface area contributed by atoms with Crippen molar-refractivity contribution in [1.82, 2.24) is 20.9 Å². The molecule has 3 amide bonds. The molecule has 0 atom stereocenters. The number of imide groups is 1. The first-order chi connectivity index (χ1) is 13.5. The van der Waals surface area contributed by atoms with Gasteiger partial charge in [-0.15, -0.1) is 24.0 Å². The van der Waals surface area contributed by atoms with Crippen LogP contribution in [0.1, 0.15) is 12.5 Å². The number of benzene rings is 1. The summed E-state index contributed by atoms with van der Waals surface area (Å²) in [5, 5.41) is 8.73. The molecule has 162 valence electrons. The monoisotopic (exact) mass is 521 g/mol. The van der Waals surface area contributed by atoms with Gasteiger partial charge < -0.3 is 30.2 Å². The highest BCUT2D eigenvalue weighted by Gasteiger charge is 2.27. The van der Waals surface area contributed by atoms with E-state index in [-0.39, 0.29) is 49.0 Å². The molecular formula is C18H28IN5O5. The summed E-state index contributed by atoms with van der Waals surface area (Å²) >= 11 is 0. The SMILES string of the molecule is CCNC(=NCc1cc(OC)c(OC)c(OC)c1)NCCN1C(=O)CNC1=O.I. The molecule has 2 rings (SSSR count). The molecule has 0 saturated carbocycles. The van der Waals surface area contributed by atoms with Crippen LogP contribution >= 0.6 is 24.0 Å². The summed E-state index contributed by atoms with van der Waals surface area (Å²) in [6.07, 6.45) is 0. The van der Waals surface area contributed by atoms with Crippen molar-refractivity contribution >= 4 is 41.9 Å². The van der Waals surface area contributed by atoms with Crippen LogP contribution in [0.5, 0.6) is 17.2 Å². The van der Waals surface area contributed by atoms with Crippen molar-refractivity contribution in [3.05, 3.63) is 17.7 Å². The van der Waals surface area contributed by atoms with Crippen molar-refractivity contribution in [1.29, 1.82) is 0 Å². The molecular weight excluding hydrogens is 493 g/mol. The average molecular weight is 521 g/mol. The number of amides is 3. The number of carbonyl (C=O) groups excluding carboxylic acids is 2. The summed E-state index contributed by atoms with van der Waals surface area (Å²) in [5.74, 6) is 1.98. The number of hydrogen-bond donors (Lipinski definition) is 3. The number of methoxy groups -OCH3 is 3. The molecule has 1 aliphatic rings. The fraction of sp³-hybridized carbons (Fsp3) is 0.500. The van der Waals surface area contributed by atoms with Gasteiger partial charge in [0.05, 0.1) is 34.4 Å². The Bertz CT molecular complexity index is 702. The Balaban J connectivity index is 0.00000420. The lowest BCUT2D eigenvalue weighted by atomic mass is 10.2. The highest BCUT2D eigenvalue weighted by Crippen LogP contribution is 2.38. The lowest BCUT2D eigenvalue weighted by Crippen LogP contribution is -2.43. The van der Waals surface area contributed by atoms with Gasteiger partial charge in [0.2, 0.25) is 11.7 Å². The molecule has 0 spiro atoms. The van der Waals surface area contributed by atoms with Crippen molar-refractivity contribution in [2.24, 2.45) is 4.99 Å². The quantitative estimate of drug-likeness (QED) is 0.192. The second-order valence-electron chi connectivity index (χ2n) is 5.86. The van der Waals surface area contributed by atoms with Crippen LogP contribution in [0, 0.1) is 0 Å². The van der Waals surface area contributed by atoms with Gasteiger partial charge in [0.1, 0.15) is 0 Å². The zero-order valence-corrected chi connectivity index (χ0v) is 19.4. The van der Waals surface area contributed by atoms with Crippen LogP contribution in [-0.2, 0) is 11.3 Å². The molecule has 10 nitrogen and oxygen atoms in total. The molecule has 0 aliphatic carbocycles. The van der Waals surface area contributed by atoms with Crippen LogP contribution in [0.3, 0.4) is 0 Å². The maximum atomic E-state index is 11.6. The first-order valence-corrected chi connectivity index (χ1v) is 8.93. The molecule has 11 heteroatoms. The zero-order valence-electron chi connectivity index (χ0n) is 17.0. The molecule has 0 bridgehead atoms. The predicted molar refractivity (Wildman–Crippen MR) is 119 cm³/mol. The normalized spacial score (nSPS) is 13.5. The summed E-state index contributed by atoms with van der Waals surface area (Å²) < 4.78 is 16.0. The Morgan fingerprint density at radius 1 is 1.14 bits per heavy atom. The van der Waals surface area contributed by atoms with Gasteiger partial charge in [-0.1, -0.05) is 0 Å². The standard InChI is InChI=1S/C18H27N5O5.HI/c1-5-19-17(20-6-7-23-15(24)11-22-18(23)25)21-10-12-8-13(26-2)16(28-4)14(9-12)27-3;/h8-9H,5-7,10-11H2,1-4H3,(H,22,25)(H2,19,20,21);1H. The lowest BCUT2D eigenvalue weighted by molar-refractivity contribution is -0.124. The average Bonchev–Trinajstić information content (AvgIpc) is 3.02. The predicted octanol–water partition coefficient (Wildman–Crippen LogP) is 0.937. The van der Waals surface area contributed by atoms with E-state index in [2.05, 4.69) is 20.9 Å². The van der Waals surface area contributed by atoms with Gasteiger partial charge in [0, 0.05) is 19.6 Å². The second-order valence-corrected chi connectivity index (χ2v) is 5.86. The van der Waals surface area contributed by atoms with E-state index in [4.69, 9.17) is 14.2 Å². The minimum absolute atomic E-state index is 0. The fourth-order valence-electron chi connectivity index (χ4n) is 2.71.